The van der Waals surface area contributed by atoms with E-state index in [0.29, 0.717) is 12.5 Å². The third-order valence-corrected chi connectivity index (χ3v) is 7.40. The quantitative estimate of drug-likeness (QED) is 0.678. The highest BCUT2D eigenvalue weighted by Crippen LogP contribution is 2.34. The van der Waals surface area contributed by atoms with Gasteiger partial charge >= 0.3 is 6.18 Å². The second kappa shape index (κ2) is 8.04. The van der Waals surface area contributed by atoms with Crippen LogP contribution in [0.3, 0.4) is 0 Å². The van der Waals surface area contributed by atoms with Gasteiger partial charge in [-0.1, -0.05) is 23.8 Å². The third kappa shape index (κ3) is 4.52. The molecular weight excluding hydrogens is 417 g/mol. The van der Waals surface area contributed by atoms with Gasteiger partial charge in [0.2, 0.25) is 15.9 Å². The maximum atomic E-state index is 12.9. The van der Waals surface area contributed by atoms with Crippen LogP contribution in [0.15, 0.2) is 35.2 Å². The van der Waals surface area contributed by atoms with Gasteiger partial charge in [0.25, 0.3) is 0 Å². The van der Waals surface area contributed by atoms with Gasteiger partial charge in [-0.15, -0.1) is 0 Å². The second-order valence-electron chi connectivity index (χ2n) is 6.90. The molecular formula is C18H20ClF3N2O3S. The van der Waals surface area contributed by atoms with Crippen LogP contribution >= 0.6 is 11.6 Å². The highest BCUT2D eigenvalue weighted by Gasteiger charge is 2.36. The fourth-order valence-electron chi connectivity index (χ4n) is 3.41. The van der Waals surface area contributed by atoms with Gasteiger partial charge in [0.1, 0.15) is 4.90 Å². The molecule has 0 spiro atoms. The van der Waals surface area contributed by atoms with Crippen molar-refractivity contribution in [2.24, 2.45) is 5.92 Å². The Morgan fingerprint density at radius 2 is 1.86 bits per heavy atom. The topological polar surface area (TPSA) is 57.7 Å². The van der Waals surface area contributed by atoms with E-state index in [1.54, 1.807) is 4.90 Å². The van der Waals surface area contributed by atoms with Crippen LogP contribution in [-0.2, 0) is 21.0 Å². The number of halogens is 4. The number of alkyl halides is 3. The lowest BCUT2D eigenvalue weighted by molar-refractivity contribution is -0.137. The van der Waals surface area contributed by atoms with E-state index < -0.39 is 26.7 Å². The predicted molar refractivity (Wildman–Crippen MR) is 98.3 cm³/mol. The number of hydrogen-bond acceptors (Lipinski definition) is 3. The number of nitrogens with zero attached hydrogens (tertiary/aromatic N) is 2. The Bertz CT molecular complexity index is 879. The van der Waals surface area contributed by atoms with Crippen molar-refractivity contribution in [2.75, 3.05) is 26.2 Å². The standard InChI is InChI=1S/C18H20ClF3N2O3S/c19-15-6-5-14(18(20,21)22)12-16(15)28(26,27)24-9-7-23(8-10-24)17(25)11-13-3-1-2-4-13/h1,3,5-6,12-13H,2,4,7-11H2/t13-/m1/s1. The number of carbonyl (C=O) groups excluding carboxylic acids is 1. The summed E-state index contributed by atoms with van der Waals surface area (Å²) in [5.41, 5.74) is -1.08. The van der Waals surface area contributed by atoms with Crippen molar-refractivity contribution < 1.29 is 26.4 Å². The summed E-state index contributed by atoms with van der Waals surface area (Å²) < 4.78 is 65.5. The summed E-state index contributed by atoms with van der Waals surface area (Å²) in [7, 11) is -4.19. The van der Waals surface area contributed by atoms with Gasteiger partial charge in [0.15, 0.2) is 0 Å². The molecule has 0 N–H and O–H groups in total. The molecule has 0 saturated carbocycles. The Balaban J connectivity index is 1.69. The largest absolute Gasteiger partial charge is 0.416 e. The first-order chi connectivity index (χ1) is 13.1. The van der Waals surface area contributed by atoms with Gasteiger partial charge < -0.3 is 4.90 Å². The highest BCUT2D eigenvalue weighted by molar-refractivity contribution is 7.89. The summed E-state index contributed by atoms with van der Waals surface area (Å²) in [6.07, 6.45) is 1.68. The van der Waals surface area contributed by atoms with Crippen molar-refractivity contribution in [3.63, 3.8) is 0 Å². The van der Waals surface area contributed by atoms with Crippen LogP contribution in [0.1, 0.15) is 24.8 Å². The molecule has 1 amide bonds. The summed E-state index contributed by atoms with van der Waals surface area (Å²) in [6, 6.07) is 2.24. The molecule has 3 rings (SSSR count). The summed E-state index contributed by atoms with van der Waals surface area (Å²) in [6.45, 7) is 0.429. The normalized spacial score (nSPS) is 21.3. The number of sulfonamides is 1. The average Bonchev–Trinajstić information content (AvgIpc) is 3.14. The molecule has 1 aliphatic heterocycles. The molecule has 0 aromatic heterocycles. The molecule has 5 nitrogen and oxygen atoms in total. The molecule has 10 heteroatoms. The Morgan fingerprint density at radius 3 is 2.43 bits per heavy atom. The van der Waals surface area contributed by atoms with Gasteiger partial charge in [0, 0.05) is 32.6 Å². The monoisotopic (exact) mass is 436 g/mol. The molecule has 2 aliphatic rings. The fraction of sp³-hybridized carbons (Fsp3) is 0.500. The summed E-state index contributed by atoms with van der Waals surface area (Å²) >= 11 is 5.88. The maximum absolute atomic E-state index is 12.9. The van der Waals surface area contributed by atoms with E-state index in [9.17, 15) is 26.4 Å². The molecule has 1 atom stereocenters. The summed E-state index contributed by atoms with van der Waals surface area (Å²) in [5, 5.41) is -0.264. The Kier molecular flexibility index (Phi) is 6.07. The van der Waals surface area contributed by atoms with Crippen LogP contribution in [0.2, 0.25) is 5.02 Å². The van der Waals surface area contributed by atoms with Crippen molar-refractivity contribution >= 4 is 27.5 Å². The van der Waals surface area contributed by atoms with Crippen LogP contribution in [0.25, 0.3) is 0 Å². The fourth-order valence-corrected chi connectivity index (χ4v) is 5.34. The van der Waals surface area contributed by atoms with Crippen molar-refractivity contribution in [3.05, 3.63) is 40.9 Å². The molecule has 1 aromatic carbocycles. The van der Waals surface area contributed by atoms with Crippen LogP contribution in [0.5, 0.6) is 0 Å². The zero-order chi connectivity index (χ0) is 20.5. The molecule has 1 aliphatic carbocycles. The van der Waals surface area contributed by atoms with E-state index in [4.69, 9.17) is 11.6 Å². The van der Waals surface area contributed by atoms with E-state index in [0.717, 1.165) is 29.3 Å². The molecule has 154 valence electrons. The Hall–Kier alpha value is -1.58. The molecule has 0 radical (unpaired) electrons. The number of piperazine rings is 1. The predicted octanol–water partition coefficient (Wildman–Crippen LogP) is 3.55. The first-order valence-corrected chi connectivity index (χ1v) is 10.7. The Morgan fingerprint density at radius 1 is 1.18 bits per heavy atom. The lowest BCUT2D eigenvalue weighted by atomic mass is 10.0. The number of carbonyl (C=O) groups is 1. The minimum Gasteiger partial charge on any atom is -0.340 e. The molecule has 28 heavy (non-hydrogen) atoms. The molecule has 1 fully saturated rings. The van der Waals surface area contributed by atoms with E-state index in [-0.39, 0.29) is 43.0 Å². The van der Waals surface area contributed by atoms with Crippen molar-refractivity contribution in [1.82, 2.24) is 9.21 Å². The van der Waals surface area contributed by atoms with Crippen molar-refractivity contribution in [1.29, 1.82) is 0 Å². The van der Waals surface area contributed by atoms with Crippen LogP contribution in [0.4, 0.5) is 13.2 Å². The van der Waals surface area contributed by atoms with Gasteiger partial charge in [-0.05, 0) is 37.0 Å². The number of amides is 1. The number of allylic oxidation sites excluding steroid dienone is 2. The zero-order valence-electron chi connectivity index (χ0n) is 15.0. The first kappa shape index (κ1) is 21.1. The summed E-state index contributed by atoms with van der Waals surface area (Å²) in [5.74, 6) is 0.184. The minimum absolute atomic E-state index is 0.0150. The van der Waals surface area contributed by atoms with Gasteiger partial charge in [-0.3, -0.25) is 4.79 Å². The zero-order valence-corrected chi connectivity index (χ0v) is 16.5. The lowest BCUT2D eigenvalue weighted by Crippen LogP contribution is -2.50. The van der Waals surface area contributed by atoms with Crippen LogP contribution in [0, 0.1) is 5.92 Å². The maximum Gasteiger partial charge on any atom is 0.416 e. The van der Waals surface area contributed by atoms with Gasteiger partial charge in [-0.25, -0.2) is 8.42 Å². The second-order valence-corrected chi connectivity index (χ2v) is 9.21. The SMILES string of the molecule is O=C(C[C@@H]1C=CCC1)N1CCN(S(=O)(=O)c2cc(C(F)(F)F)ccc2Cl)CC1. The number of rotatable bonds is 4. The number of hydrogen-bond donors (Lipinski definition) is 0. The van der Waals surface area contributed by atoms with E-state index in [1.807, 2.05) is 12.2 Å². The molecule has 1 aromatic rings. The third-order valence-electron chi connectivity index (χ3n) is 5.02. The van der Waals surface area contributed by atoms with Gasteiger partial charge in [-0.2, -0.15) is 17.5 Å². The first-order valence-electron chi connectivity index (χ1n) is 8.90. The van der Waals surface area contributed by atoms with E-state index in [2.05, 4.69) is 0 Å². The molecule has 0 unspecified atom stereocenters. The summed E-state index contributed by atoms with van der Waals surface area (Å²) in [4.78, 5) is 13.4. The Labute approximate surface area is 166 Å². The lowest BCUT2D eigenvalue weighted by Gasteiger charge is -2.34. The highest BCUT2D eigenvalue weighted by atomic mass is 35.5. The van der Waals surface area contributed by atoms with Crippen molar-refractivity contribution in [3.8, 4) is 0 Å². The van der Waals surface area contributed by atoms with Crippen LogP contribution < -0.4 is 0 Å². The molecule has 1 saturated heterocycles. The van der Waals surface area contributed by atoms with Crippen molar-refractivity contribution in [2.45, 2.75) is 30.3 Å². The van der Waals surface area contributed by atoms with Gasteiger partial charge in [0.05, 0.1) is 10.6 Å². The molecule has 0 bridgehead atoms. The molecule has 1 heterocycles. The number of benzene rings is 1. The van der Waals surface area contributed by atoms with E-state index >= 15 is 0 Å². The average molecular weight is 437 g/mol. The minimum atomic E-state index is -4.67. The smallest absolute Gasteiger partial charge is 0.340 e. The van der Waals surface area contributed by atoms with Crippen LogP contribution in [-0.4, -0.2) is 49.7 Å². The van der Waals surface area contributed by atoms with E-state index in [1.165, 1.54) is 0 Å².